The van der Waals surface area contributed by atoms with Crippen LogP contribution >= 0.6 is 0 Å². The van der Waals surface area contributed by atoms with E-state index >= 15 is 0 Å². The summed E-state index contributed by atoms with van der Waals surface area (Å²) in [5.41, 5.74) is 5.65. The molecule has 0 heterocycles. The molecule has 1 aromatic rings. The zero-order chi connectivity index (χ0) is 14.3. The number of hydrogen-bond donors (Lipinski definition) is 1. The highest BCUT2D eigenvalue weighted by atomic mass is 16.6. The van der Waals surface area contributed by atoms with E-state index in [9.17, 15) is 14.9 Å². The largest absolute Gasteiger partial charge is 0.425 e. The van der Waals surface area contributed by atoms with Gasteiger partial charge in [0.1, 0.15) is 11.8 Å². The van der Waals surface area contributed by atoms with Gasteiger partial charge in [0, 0.05) is 12.1 Å². The summed E-state index contributed by atoms with van der Waals surface area (Å²) in [6, 6.07) is 4.68. The Kier molecular flexibility index (Phi) is 5.95. The second-order valence-corrected chi connectivity index (χ2v) is 4.27. The van der Waals surface area contributed by atoms with Crippen LogP contribution in [0.1, 0.15) is 32.6 Å². The van der Waals surface area contributed by atoms with E-state index in [0.717, 1.165) is 19.3 Å². The third kappa shape index (κ3) is 5.05. The number of unbranched alkanes of at least 4 members (excludes halogenated alkanes) is 2. The van der Waals surface area contributed by atoms with Crippen molar-refractivity contribution in [3.05, 3.63) is 34.4 Å². The van der Waals surface area contributed by atoms with Crippen molar-refractivity contribution in [1.29, 1.82) is 0 Å². The minimum Gasteiger partial charge on any atom is -0.425 e. The van der Waals surface area contributed by atoms with E-state index in [4.69, 9.17) is 10.5 Å². The highest BCUT2D eigenvalue weighted by molar-refractivity contribution is 5.77. The first kappa shape index (κ1) is 15.1. The molecule has 2 N–H and O–H groups in total. The minimum atomic E-state index is -0.651. The van der Waals surface area contributed by atoms with Crippen molar-refractivity contribution in [2.75, 3.05) is 0 Å². The van der Waals surface area contributed by atoms with Gasteiger partial charge in [0.05, 0.1) is 4.92 Å². The lowest BCUT2D eigenvalue weighted by molar-refractivity contribution is -0.384. The quantitative estimate of drug-likeness (QED) is 0.269. The van der Waals surface area contributed by atoms with Crippen molar-refractivity contribution < 1.29 is 14.5 Å². The molecule has 0 unspecified atom stereocenters. The molecule has 1 rings (SSSR count). The van der Waals surface area contributed by atoms with Gasteiger partial charge in [-0.1, -0.05) is 26.2 Å². The summed E-state index contributed by atoms with van der Waals surface area (Å²) in [5, 5.41) is 10.5. The number of rotatable bonds is 7. The number of nitrogens with two attached hydrogens (primary N) is 1. The van der Waals surface area contributed by atoms with Crippen molar-refractivity contribution in [3.63, 3.8) is 0 Å². The SMILES string of the molecule is CCCCC[C@H](N)C(=O)Oc1ccc([N+](=O)[O-])cc1. The number of nitrogens with zero attached hydrogens (tertiary/aromatic N) is 1. The first-order chi connectivity index (χ1) is 9.04. The average Bonchev–Trinajstić information content (AvgIpc) is 2.39. The van der Waals surface area contributed by atoms with Crippen LogP contribution in [-0.2, 0) is 4.79 Å². The lowest BCUT2D eigenvalue weighted by atomic mass is 10.1. The van der Waals surface area contributed by atoms with Gasteiger partial charge in [-0.2, -0.15) is 0 Å². The average molecular weight is 266 g/mol. The van der Waals surface area contributed by atoms with Gasteiger partial charge in [-0.3, -0.25) is 10.1 Å². The van der Waals surface area contributed by atoms with Crippen LogP contribution in [0.4, 0.5) is 5.69 Å². The van der Waals surface area contributed by atoms with Gasteiger partial charge in [0.15, 0.2) is 0 Å². The topological polar surface area (TPSA) is 95.5 Å². The molecule has 1 aromatic carbocycles. The van der Waals surface area contributed by atoms with Crippen molar-refractivity contribution in [2.24, 2.45) is 5.73 Å². The molecular formula is C13H18N2O4. The Labute approximate surface area is 111 Å². The van der Waals surface area contributed by atoms with Crippen LogP contribution < -0.4 is 10.5 Å². The van der Waals surface area contributed by atoms with Crippen LogP contribution in [0.3, 0.4) is 0 Å². The van der Waals surface area contributed by atoms with Gasteiger partial charge in [0.25, 0.3) is 5.69 Å². The molecule has 6 heteroatoms. The molecule has 0 fully saturated rings. The third-order valence-electron chi connectivity index (χ3n) is 2.69. The lowest BCUT2D eigenvalue weighted by Gasteiger charge is -2.10. The Bertz CT molecular complexity index is 431. The predicted molar refractivity (Wildman–Crippen MR) is 70.8 cm³/mol. The Balaban J connectivity index is 2.49. The summed E-state index contributed by atoms with van der Waals surface area (Å²) < 4.78 is 5.06. The lowest BCUT2D eigenvalue weighted by Crippen LogP contribution is -2.34. The molecule has 0 aromatic heterocycles. The van der Waals surface area contributed by atoms with Gasteiger partial charge in [0.2, 0.25) is 0 Å². The van der Waals surface area contributed by atoms with Crippen LogP contribution in [0, 0.1) is 10.1 Å². The molecule has 0 amide bonds. The first-order valence-corrected chi connectivity index (χ1v) is 6.26. The number of nitro groups is 1. The van der Waals surface area contributed by atoms with Gasteiger partial charge in [-0.25, -0.2) is 4.79 Å². The van der Waals surface area contributed by atoms with E-state index in [1.807, 2.05) is 0 Å². The van der Waals surface area contributed by atoms with E-state index in [1.54, 1.807) is 0 Å². The summed E-state index contributed by atoms with van der Waals surface area (Å²) >= 11 is 0. The summed E-state index contributed by atoms with van der Waals surface area (Å²) in [5.74, 6) is -0.244. The fourth-order valence-corrected chi connectivity index (χ4v) is 1.56. The zero-order valence-electron chi connectivity index (χ0n) is 10.9. The fraction of sp³-hybridized carbons (Fsp3) is 0.462. The maximum atomic E-state index is 11.6. The van der Waals surface area contributed by atoms with Crippen molar-refractivity contribution >= 4 is 11.7 Å². The Hall–Kier alpha value is -1.95. The van der Waals surface area contributed by atoms with E-state index in [2.05, 4.69) is 6.92 Å². The second kappa shape index (κ2) is 7.48. The third-order valence-corrected chi connectivity index (χ3v) is 2.69. The molecular weight excluding hydrogens is 248 g/mol. The van der Waals surface area contributed by atoms with Crippen LogP contribution in [-0.4, -0.2) is 16.9 Å². The van der Waals surface area contributed by atoms with Crippen molar-refractivity contribution in [1.82, 2.24) is 0 Å². The summed E-state index contributed by atoms with van der Waals surface area (Å²) in [7, 11) is 0. The maximum Gasteiger partial charge on any atom is 0.328 e. The Morgan fingerprint density at radius 2 is 2.00 bits per heavy atom. The predicted octanol–water partition coefficient (Wildman–Crippen LogP) is 2.41. The molecule has 104 valence electrons. The highest BCUT2D eigenvalue weighted by Gasteiger charge is 2.15. The molecule has 19 heavy (non-hydrogen) atoms. The number of nitro benzene ring substituents is 1. The van der Waals surface area contributed by atoms with E-state index in [-0.39, 0.29) is 11.4 Å². The van der Waals surface area contributed by atoms with Gasteiger partial charge < -0.3 is 10.5 Å². The Morgan fingerprint density at radius 1 is 1.37 bits per heavy atom. The van der Waals surface area contributed by atoms with Gasteiger partial charge >= 0.3 is 5.97 Å². The minimum absolute atomic E-state index is 0.0490. The number of ether oxygens (including phenoxy) is 1. The molecule has 0 aliphatic carbocycles. The van der Waals surface area contributed by atoms with Crippen LogP contribution in [0.25, 0.3) is 0 Å². The molecule has 1 atom stereocenters. The van der Waals surface area contributed by atoms with Crippen molar-refractivity contribution in [2.45, 2.75) is 38.6 Å². The molecule has 0 aliphatic rings. The number of esters is 1. The molecule has 0 spiro atoms. The van der Waals surface area contributed by atoms with Crippen LogP contribution in [0.2, 0.25) is 0 Å². The molecule has 0 bridgehead atoms. The zero-order valence-corrected chi connectivity index (χ0v) is 10.9. The van der Waals surface area contributed by atoms with E-state index in [1.165, 1.54) is 24.3 Å². The van der Waals surface area contributed by atoms with Crippen LogP contribution in [0.15, 0.2) is 24.3 Å². The molecule has 0 saturated heterocycles. The number of carbonyl (C=O) groups is 1. The van der Waals surface area contributed by atoms with Gasteiger partial charge in [-0.15, -0.1) is 0 Å². The monoisotopic (exact) mass is 266 g/mol. The summed E-state index contributed by atoms with van der Waals surface area (Å²) in [6.45, 7) is 2.07. The number of carbonyl (C=O) groups excluding carboxylic acids is 1. The first-order valence-electron chi connectivity index (χ1n) is 6.26. The second-order valence-electron chi connectivity index (χ2n) is 4.27. The standard InChI is InChI=1S/C13H18N2O4/c1-2-3-4-5-12(14)13(16)19-11-8-6-10(7-9-11)15(17)18/h6-9,12H,2-5,14H2,1H3/t12-/m0/s1. The van der Waals surface area contributed by atoms with Gasteiger partial charge in [-0.05, 0) is 18.6 Å². The fourth-order valence-electron chi connectivity index (χ4n) is 1.56. The van der Waals surface area contributed by atoms with E-state index < -0.39 is 16.9 Å². The Morgan fingerprint density at radius 3 is 2.53 bits per heavy atom. The number of hydrogen-bond acceptors (Lipinski definition) is 5. The molecule has 0 radical (unpaired) electrons. The van der Waals surface area contributed by atoms with Crippen LogP contribution in [0.5, 0.6) is 5.75 Å². The highest BCUT2D eigenvalue weighted by Crippen LogP contribution is 2.18. The summed E-state index contributed by atoms with van der Waals surface area (Å²) in [4.78, 5) is 21.6. The smallest absolute Gasteiger partial charge is 0.328 e. The number of non-ortho nitro benzene ring substituents is 1. The summed E-state index contributed by atoms with van der Waals surface area (Å²) in [6.07, 6.45) is 3.55. The maximum absolute atomic E-state index is 11.6. The van der Waals surface area contributed by atoms with Crippen molar-refractivity contribution in [3.8, 4) is 5.75 Å². The number of benzene rings is 1. The molecule has 0 aliphatic heterocycles. The molecule has 6 nitrogen and oxygen atoms in total. The van der Waals surface area contributed by atoms with E-state index in [0.29, 0.717) is 6.42 Å². The molecule has 0 saturated carbocycles. The normalized spacial score (nSPS) is 11.9.